The van der Waals surface area contributed by atoms with Crippen molar-refractivity contribution in [3.63, 3.8) is 0 Å². The monoisotopic (exact) mass is 361 g/mol. The molecule has 3 aliphatic heterocycles. The van der Waals surface area contributed by atoms with E-state index >= 15 is 0 Å². The van der Waals surface area contributed by atoms with E-state index in [1.165, 1.54) is 31.4 Å². The molecule has 0 saturated carbocycles. The summed E-state index contributed by atoms with van der Waals surface area (Å²) in [6.45, 7) is 5.43. The van der Waals surface area contributed by atoms with E-state index in [4.69, 9.17) is 11.6 Å². The molecule has 4 rings (SSSR count). The van der Waals surface area contributed by atoms with Crippen LogP contribution in [0.3, 0.4) is 0 Å². The summed E-state index contributed by atoms with van der Waals surface area (Å²) in [6, 6.07) is 8.85. The number of benzene rings is 1. The van der Waals surface area contributed by atoms with Gasteiger partial charge >= 0.3 is 0 Å². The van der Waals surface area contributed by atoms with E-state index in [0.29, 0.717) is 11.9 Å². The number of anilines is 1. The summed E-state index contributed by atoms with van der Waals surface area (Å²) < 4.78 is 0. The Morgan fingerprint density at radius 1 is 1.08 bits per heavy atom. The molecule has 3 heterocycles. The molecule has 5 heteroatoms. The molecule has 0 radical (unpaired) electrons. The Labute approximate surface area is 155 Å². The fourth-order valence-electron chi connectivity index (χ4n) is 4.98. The Hall–Kier alpha value is -1.26. The van der Waals surface area contributed by atoms with Crippen molar-refractivity contribution >= 4 is 23.2 Å². The van der Waals surface area contributed by atoms with E-state index in [1.54, 1.807) is 0 Å². The van der Waals surface area contributed by atoms with Crippen molar-refractivity contribution in [2.24, 2.45) is 5.41 Å². The van der Waals surface area contributed by atoms with Crippen LogP contribution in [-0.2, 0) is 4.79 Å². The first-order valence-electron chi connectivity index (χ1n) is 9.54. The van der Waals surface area contributed by atoms with Crippen LogP contribution in [0, 0.1) is 5.41 Å². The predicted molar refractivity (Wildman–Crippen MR) is 102 cm³/mol. The van der Waals surface area contributed by atoms with Gasteiger partial charge in [0.25, 0.3) is 0 Å². The number of amides is 1. The highest BCUT2D eigenvalue weighted by atomic mass is 35.5. The molecule has 0 unspecified atom stereocenters. The average molecular weight is 362 g/mol. The first kappa shape index (κ1) is 17.2. The first-order chi connectivity index (χ1) is 12.1. The van der Waals surface area contributed by atoms with Gasteiger partial charge in [-0.2, -0.15) is 0 Å². The van der Waals surface area contributed by atoms with Crippen LogP contribution >= 0.6 is 11.6 Å². The van der Waals surface area contributed by atoms with Gasteiger partial charge in [-0.1, -0.05) is 23.7 Å². The normalized spacial score (nSPS) is 25.1. The van der Waals surface area contributed by atoms with Crippen LogP contribution in [0.15, 0.2) is 24.3 Å². The molecule has 4 nitrogen and oxygen atoms in total. The van der Waals surface area contributed by atoms with Gasteiger partial charge in [0.1, 0.15) is 0 Å². The van der Waals surface area contributed by atoms with Gasteiger partial charge in [0.15, 0.2) is 0 Å². The fourth-order valence-corrected chi connectivity index (χ4v) is 5.24. The molecular weight excluding hydrogens is 334 g/mol. The van der Waals surface area contributed by atoms with E-state index in [2.05, 4.69) is 21.9 Å². The van der Waals surface area contributed by atoms with Crippen molar-refractivity contribution in [2.45, 2.75) is 38.1 Å². The minimum atomic E-state index is 0.264. The van der Waals surface area contributed by atoms with E-state index in [9.17, 15) is 4.79 Å². The Balaban J connectivity index is 1.31. The van der Waals surface area contributed by atoms with Crippen LogP contribution in [0.4, 0.5) is 5.69 Å². The lowest BCUT2D eigenvalue weighted by molar-refractivity contribution is -0.126. The number of halogens is 1. The summed E-state index contributed by atoms with van der Waals surface area (Å²) >= 11 is 6.35. The summed E-state index contributed by atoms with van der Waals surface area (Å²) in [5.41, 5.74) is 1.44. The van der Waals surface area contributed by atoms with Crippen LogP contribution in [-0.4, -0.2) is 61.5 Å². The lowest BCUT2D eigenvalue weighted by atomic mass is 9.77. The maximum Gasteiger partial charge on any atom is 0.222 e. The number of carbonyl (C=O) groups excluding carboxylic acids is 1. The van der Waals surface area contributed by atoms with Crippen LogP contribution in [0.2, 0.25) is 5.02 Å². The van der Waals surface area contributed by atoms with Crippen LogP contribution < -0.4 is 4.90 Å². The number of para-hydroxylation sites is 1. The predicted octanol–water partition coefficient (Wildman–Crippen LogP) is 3.25. The number of hydrogen-bond acceptors (Lipinski definition) is 3. The van der Waals surface area contributed by atoms with Crippen LogP contribution in [0.25, 0.3) is 0 Å². The van der Waals surface area contributed by atoms with Gasteiger partial charge in [0, 0.05) is 39.1 Å². The largest absolute Gasteiger partial charge is 0.370 e. The summed E-state index contributed by atoms with van der Waals surface area (Å²) in [6.07, 6.45) is 5.53. The summed E-state index contributed by atoms with van der Waals surface area (Å²) in [5, 5.41) is 0.857. The second-order valence-electron chi connectivity index (χ2n) is 8.13. The smallest absolute Gasteiger partial charge is 0.222 e. The molecule has 0 aromatic heterocycles. The van der Waals surface area contributed by atoms with Gasteiger partial charge in [-0.3, -0.25) is 4.79 Å². The van der Waals surface area contributed by atoms with Crippen molar-refractivity contribution in [2.75, 3.05) is 44.7 Å². The minimum absolute atomic E-state index is 0.264. The van der Waals surface area contributed by atoms with Crippen LogP contribution in [0.5, 0.6) is 0 Å². The number of likely N-dealkylation sites (tertiary alicyclic amines) is 2. The van der Waals surface area contributed by atoms with Crippen molar-refractivity contribution in [1.29, 1.82) is 0 Å². The van der Waals surface area contributed by atoms with E-state index in [0.717, 1.165) is 44.2 Å². The third kappa shape index (κ3) is 3.39. The van der Waals surface area contributed by atoms with Crippen molar-refractivity contribution in [1.82, 2.24) is 9.80 Å². The van der Waals surface area contributed by atoms with Gasteiger partial charge in [-0.25, -0.2) is 0 Å². The number of hydrogen-bond donors (Lipinski definition) is 0. The molecule has 1 aromatic carbocycles. The zero-order valence-corrected chi connectivity index (χ0v) is 15.8. The summed E-state index contributed by atoms with van der Waals surface area (Å²) in [7, 11) is 1.95. The van der Waals surface area contributed by atoms with E-state index < -0.39 is 0 Å². The molecule has 3 aliphatic rings. The van der Waals surface area contributed by atoms with Crippen molar-refractivity contribution in [3.05, 3.63) is 29.3 Å². The zero-order chi connectivity index (χ0) is 17.4. The van der Waals surface area contributed by atoms with E-state index in [-0.39, 0.29) is 5.41 Å². The number of nitrogens with zero attached hydrogens (tertiary/aromatic N) is 3. The highest BCUT2D eigenvalue weighted by Crippen LogP contribution is 2.41. The Kier molecular flexibility index (Phi) is 4.67. The standard InChI is InChI=1S/C20H28ClN3O/c1-22-15-20(14-19(22)25)8-12-23(13-9-20)16-6-10-24(11-7-16)18-5-3-2-4-17(18)21/h2-5,16H,6-15H2,1H3. The summed E-state index contributed by atoms with van der Waals surface area (Å²) in [4.78, 5) is 19.0. The Morgan fingerprint density at radius 3 is 2.36 bits per heavy atom. The van der Waals surface area contributed by atoms with Gasteiger partial charge in [0.05, 0.1) is 10.7 Å². The summed E-state index contributed by atoms with van der Waals surface area (Å²) in [5.74, 6) is 0.335. The topological polar surface area (TPSA) is 26.8 Å². The van der Waals surface area contributed by atoms with E-state index in [1.807, 2.05) is 24.1 Å². The third-order valence-electron chi connectivity index (χ3n) is 6.56. The lowest BCUT2D eigenvalue weighted by Gasteiger charge is -2.45. The molecule has 0 N–H and O–H groups in total. The zero-order valence-electron chi connectivity index (χ0n) is 15.1. The molecule has 25 heavy (non-hydrogen) atoms. The molecule has 1 spiro atoms. The van der Waals surface area contributed by atoms with Gasteiger partial charge in [0.2, 0.25) is 5.91 Å². The van der Waals surface area contributed by atoms with Crippen LogP contribution in [0.1, 0.15) is 32.1 Å². The third-order valence-corrected chi connectivity index (χ3v) is 6.88. The molecule has 136 valence electrons. The Bertz CT molecular complexity index is 634. The van der Waals surface area contributed by atoms with Crippen molar-refractivity contribution in [3.8, 4) is 0 Å². The molecule has 3 saturated heterocycles. The SMILES string of the molecule is CN1CC2(CCN(C3CCN(c4ccccc4Cl)CC3)CC2)CC1=O. The minimum Gasteiger partial charge on any atom is -0.370 e. The number of piperidine rings is 2. The molecule has 1 aromatic rings. The first-order valence-corrected chi connectivity index (χ1v) is 9.92. The highest BCUT2D eigenvalue weighted by molar-refractivity contribution is 6.33. The van der Waals surface area contributed by atoms with Crippen molar-refractivity contribution < 1.29 is 4.79 Å². The quantitative estimate of drug-likeness (QED) is 0.809. The molecule has 3 fully saturated rings. The second-order valence-corrected chi connectivity index (χ2v) is 8.54. The van der Waals surface area contributed by atoms with Gasteiger partial charge in [-0.05, 0) is 56.3 Å². The van der Waals surface area contributed by atoms with Gasteiger partial charge in [-0.15, -0.1) is 0 Å². The highest BCUT2D eigenvalue weighted by Gasteiger charge is 2.44. The molecule has 0 bridgehead atoms. The maximum atomic E-state index is 11.9. The molecule has 0 aliphatic carbocycles. The second kappa shape index (κ2) is 6.81. The number of rotatable bonds is 2. The van der Waals surface area contributed by atoms with Gasteiger partial charge < -0.3 is 14.7 Å². The molecule has 0 atom stereocenters. The number of carbonyl (C=O) groups is 1. The average Bonchev–Trinajstić information content (AvgIpc) is 2.90. The lowest BCUT2D eigenvalue weighted by Crippen LogP contribution is -2.50. The molecule has 1 amide bonds. The molecular formula is C20H28ClN3O. The fraction of sp³-hybridized carbons (Fsp3) is 0.650. The Morgan fingerprint density at radius 2 is 1.76 bits per heavy atom. The maximum absolute atomic E-state index is 11.9.